The standard InChI is InChI=1S/C16H20N10O17P4/c17-10-6-12(21-3-20-10)26(4-22-6)14-8(27)9(28)15(39-14)40-45(32,33)42-47(36,37)43-46(34,35)41-44(30,31)38-2-5-1-19-11-7(23-5)13(29)25-16(18)24-11/h1,3-4,8-9,14-15,27-28H,2H2,(H,30,31)(H,32,33)(H,34,35)(H,36,37)(H2,17,20,21)(H3,18,19,24,25,29). The summed E-state index contributed by atoms with van der Waals surface area (Å²) in [7, 11) is -24.0. The van der Waals surface area contributed by atoms with Crippen LogP contribution in [0.2, 0.25) is 0 Å². The molecule has 0 saturated carbocycles. The molecule has 4 aromatic rings. The van der Waals surface area contributed by atoms with Gasteiger partial charge in [0.2, 0.25) is 5.95 Å². The summed E-state index contributed by atoms with van der Waals surface area (Å²) >= 11 is 0. The Morgan fingerprint density at radius 1 is 0.872 bits per heavy atom. The Balaban J connectivity index is 1.20. The number of ether oxygens (including phenoxy) is 1. The van der Waals surface area contributed by atoms with Gasteiger partial charge in [-0.2, -0.15) is 17.9 Å². The Morgan fingerprint density at radius 3 is 2.23 bits per heavy atom. The van der Waals surface area contributed by atoms with Crippen molar-refractivity contribution >= 4 is 65.4 Å². The molecular weight excluding hydrogens is 728 g/mol. The Hall–Kier alpha value is -3.19. The molecular formula is C16H20N10O17P4. The lowest BCUT2D eigenvalue weighted by atomic mass is 10.2. The van der Waals surface area contributed by atoms with Crippen LogP contribution in [0, 0.1) is 0 Å². The van der Waals surface area contributed by atoms with Gasteiger partial charge in [-0.3, -0.25) is 23.4 Å². The molecule has 0 amide bonds. The lowest BCUT2D eigenvalue weighted by Gasteiger charge is -2.21. The predicted octanol–water partition coefficient (Wildman–Crippen LogP) is -1.72. The number of aliphatic hydroxyl groups is 2. The number of nitrogens with one attached hydrogen (secondary N) is 1. The van der Waals surface area contributed by atoms with Gasteiger partial charge < -0.3 is 46.0 Å². The molecule has 27 nitrogen and oxygen atoms in total. The topological polar surface area (TPSA) is 412 Å². The number of hydrogen-bond donors (Lipinski definition) is 9. The molecule has 0 spiro atoms. The lowest BCUT2D eigenvalue weighted by molar-refractivity contribution is -0.133. The summed E-state index contributed by atoms with van der Waals surface area (Å²) < 4.78 is 75.8. The van der Waals surface area contributed by atoms with Gasteiger partial charge in [0.05, 0.1) is 18.2 Å². The number of H-pyrrole nitrogens is 1. The van der Waals surface area contributed by atoms with Gasteiger partial charge in [0.1, 0.15) is 30.7 Å². The molecule has 31 heteroatoms. The maximum atomic E-state index is 12.4. The van der Waals surface area contributed by atoms with E-state index >= 15 is 0 Å². The molecule has 0 aliphatic carbocycles. The molecule has 0 radical (unpaired) electrons. The summed E-state index contributed by atoms with van der Waals surface area (Å²) in [5.74, 6) is -0.336. The highest BCUT2D eigenvalue weighted by atomic mass is 31.3. The zero-order chi connectivity index (χ0) is 34.5. The van der Waals surface area contributed by atoms with Crippen molar-refractivity contribution in [3.8, 4) is 0 Å². The van der Waals surface area contributed by atoms with Crippen LogP contribution < -0.4 is 17.0 Å². The zero-order valence-corrected chi connectivity index (χ0v) is 26.1. The van der Waals surface area contributed by atoms with Crippen LogP contribution in [0.3, 0.4) is 0 Å². The predicted molar refractivity (Wildman–Crippen MR) is 146 cm³/mol. The summed E-state index contributed by atoms with van der Waals surface area (Å²) in [6.45, 7) is -1.00. The summed E-state index contributed by atoms with van der Waals surface area (Å²) in [5, 5.41) is 20.7. The van der Waals surface area contributed by atoms with Gasteiger partial charge in [-0.25, -0.2) is 43.2 Å². The Bertz CT molecular complexity index is 2100. The molecule has 1 aliphatic rings. The summed E-state index contributed by atoms with van der Waals surface area (Å²) in [6, 6.07) is 0. The molecule has 1 saturated heterocycles. The number of hydrogen-bond acceptors (Lipinski definition) is 21. The van der Waals surface area contributed by atoms with Crippen LogP contribution >= 0.6 is 31.3 Å². The van der Waals surface area contributed by atoms with Gasteiger partial charge >= 0.3 is 31.3 Å². The molecule has 1 aliphatic heterocycles. The van der Waals surface area contributed by atoms with Crippen LogP contribution in [0.15, 0.2) is 23.6 Å². The number of phosphoric acid groups is 4. The summed E-state index contributed by atoms with van der Waals surface area (Å²) in [6.07, 6.45) is -4.83. The molecule has 4 aromatic heterocycles. The molecule has 0 aromatic carbocycles. The minimum Gasteiger partial charge on any atom is -0.385 e. The molecule has 8 unspecified atom stereocenters. The first kappa shape index (κ1) is 35.1. The van der Waals surface area contributed by atoms with E-state index in [1.165, 1.54) is 0 Å². The van der Waals surface area contributed by atoms with E-state index < -0.39 is 68.2 Å². The van der Waals surface area contributed by atoms with Crippen LogP contribution in [0.1, 0.15) is 11.9 Å². The zero-order valence-electron chi connectivity index (χ0n) is 22.5. The molecule has 256 valence electrons. The fraction of sp³-hybridized carbons (Fsp3) is 0.312. The smallest absolute Gasteiger partial charge is 0.385 e. The lowest BCUT2D eigenvalue weighted by Crippen LogP contribution is -2.32. The number of nitrogens with two attached hydrogens (primary N) is 2. The van der Waals surface area contributed by atoms with E-state index in [0.717, 1.165) is 23.4 Å². The Kier molecular flexibility index (Phi) is 9.48. The maximum Gasteiger partial charge on any atom is 0.490 e. The normalized spacial score (nSPS) is 25.2. The fourth-order valence-electron chi connectivity index (χ4n) is 3.78. The average molecular weight is 748 g/mol. The van der Waals surface area contributed by atoms with Gasteiger partial charge in [0.25, 0.3) is 5.56 Å². The van der Waals surface area contributed by atoms with E-state index in [4.69, 9.17) is 16.2 Å². The second kappa shape index (κ2) is 12.7. The van der Waals surface area contributed by atoms with Crippen molar-refractivity contribution in [3.63, 3.8) is 0 Å². The van der Waals surface area contributed by atoms with Gasteiger partial charge in [-0.1, -0.05) is 0 Å². The van der Waals surface area contributed by atoms with E-state index in [-0.39, 0.29) is 39.8 Å². The highest BCUT2D eigenvalue weighted by Gasteiger charge is 2.51. The number of fused-ring (bicyclic) bond motifs is 2. The molecule has 5 rings (SSSR count). The number of rotatable bonds is 12. The third kappa shape index (κ3) is 8.10. The first-order valence-corrected chi connectivity index (χ1v) is 18.0. The quantitative estimate of drug-likeness (QED) is 0.0727. The number of aliphatic hydroxyl groups excluding tert-OH is 2. The van der Waals surface area contributed by atoms with Crippen LogP contribution in [0.25, 0.3) is 22.3 Å². The highest BCUT2D eigenvalue weighted by molar-refractivity contribution is 7.69. The third-order valence-electron chi connectivity index (χ3n) is 5.57. The first-order valence-electron chi connectivity index (χ1n) is 12.0. The Morgan fingerprint density at radius 2 is 1.53 bits per heavy atom. The van der Waals surface area contributed by atoms with Crippen molar-refractivity contribution in [2.45, 2.75) is 31.3 Å². The number of nitrogens with zero attached hydrogens (tertiary/aromatic N) is 7. The minimum atomic E-state index is -6.22. The first-order chi connectivity index (χ1) is 21.7. The number of anilines is 2. The monoisotopic (exact) mass is 748 g/mol. The number of aromatic nitrogens is 8. The number of nitrogen functional groups attached to an aromatic ring is 2. The number of phosphoric ester groups is 2. The fourth-order valence-corrected chi connectivity index (χ4v) is 8.76. The van der Waals surface area contributed by atoms with Gasteiger partial charge in [0, 0.05) is 0 Å². The van der Waals surface area contributed by atoms with E-state index in [9.17, 15) is 52.8 Å². The van der Waals surface area contributed by atoms with Crippen molar-refractivity contribution in [1.29, 1.82) is 0 Å². The van der Waals surface area contributed by atoms with Crippen molar-refractivity contribution in [1.82, 2.24) is 39.5 Å². The average Bonchev–Trinajstić information content (AvgIpc) is 3.47. The highest BCUT2D eigenvalue weighted by Crippen LogP contribution is 2.71. The second-order valence-electron chi connectivity index (χ2n) is 8.94. The summed E-state index contributed by atoms with van der Waals surface area (Å²) in [5.41, 5.74) is 9.42. The summed E-state index contributed by atoms with van der Waals surface area (Å²) in [4.78, 5) is 76.1. The maximum absolute atomic E-state index is 12.4. The van der Waals surface area contributed by atoms with E-state index in [1.54, 1.807) is 0 Å². The number of imidazole rings is 1. The van der Waals surface area contributed by atoms with Crippen LogP contribution in [0.5, 0.6) is 0 Å². The van der Waals surface area contributed by atoms with Crippen molar-refractivity contribution < 1.29 is 74.8 Å². The largest absolute Gasteiger partial charge is 0.490 e. The third-order valence-corrected chi connectivity index (χ3v) is 11.5. The van der Waals surface area contributed by atoms with E-state index in [1.807, 2.05) is 0 Å². The van der Waals surface area contributed by atoms with Crippen LogP contribution in [-0.2, 0) is 51.6 Å². The van der Waals surface area contributed by atoms with Gasteiger partial charge in [0.15, 0.2) is 35.1 Å². The van der Waals surface area contributed by atoms with Gasteiger partial charge in [-0.05, 0) is 0 Å². The molecule has 1 fully saturated rings. The Labute approximate surface area is 257 Å². The molecule has 47 heavy (non-hydrogen) atoms. The van der Waals surface area contributed by atoms with Crippen molar-refractivity contribution in [2.75, 3.05) is 11.5 Å². The molecule has 0 bridgehead atoms. The van der Waals surface area contributed by atoms with Crippen molar-refractivity contribution in [3.05, 3.63) is 34.9 Å². The molecule has 5 heterocycles. The molecule has 11 N–H and O–H groups in total. The van der Waals surface area contributed by atoms with Crippen molar-refractivity contribution in [2.24, 2.45) is 0 Å². The van der Waals surface area contributed by atoms with E-state index in [2.05, 4.69) is 56.9 Å². The van der Waals surface area contributed by atoms with Crippen LogP contribution in [-0.4, -0.2) is 87.7 Å². The number of aromatic amines is 1. The molecule has 8 atom stereocenters. The van der Waals surface area contributed by atoms with Gasteiger partial charge in [-0.15, -0.1) is 0 Å². The second-order valence-corrected chi connectivity index (χ2v) is 15.1. The van der Waals surface area contributed by atoms with Crippen LogP contribution in [0.4, 0.5) is 11.8 Å². The van der Waals surface area contributed by atoms with E-state index in [0.29, 0.717) is 0 Å². The minimum absolute atomic E-state index is 0.00158. The SMILES string of the molecule is Nc1nc2ncc(COP(=O)(O)OP(=O)(O)OP(=O)(O)OP(=O)(O)OC3OC(n4cnc5c(N)ncnc54)C(O)C3O)nc2c(=O)[nH]1.